The van der Waals surface area contributed by atoms with Gasteiger partial charge in [0.15, 0.2) is 5.78 Å². The Morgan fingerprint density at radius 3 is 2.23 bits per heavy atom. The first-order chi connectivity index (χ1) is 15.0. The van der Waals surface area contributed by atoms with E-state index in [1.807, 2.05) is 18.2 Å². The van der Waals surface area contributed by atoms with E-state index in [-0.39, 0.29) is 17.8 Å². The van der Waals surface area contributed by atoms with Crippen LogP contribution >= 0.6 is 15.9 Å². The molecule has 1 unspecified atom stereocenters. The highest BCUT2D eigenvalue weighted by Gasteiger charge is 2.22. The maximum absolute atomic E-state index is 13.4. The topological polar surface area (TPSA) is 73.9 Å². The average Bonchev–Trinajstić information content (AvgIpc) is 2.80. The van der Waals surface area contributed by atoms with Crippen LogP contribution in [0.5, 0.6) is 11.5 Å². The SMILES string of the molecule is COC(=O)CCCCNC(CCc1ccccc1)C(=O)c1cc(OC)c(Br)c(OC)c1. The number of nitrogens with one attached hydrogen (secondary N) is 1. The Kier molecular flexibility index (Phi) is 10.5. The molecule has 0 spiro atoms. The Labute approximate surface area is 192 Å². The van der Waals surface area contributed by atoms with Crippen LogP contribution in [0.4, 0.5) is 0 Å². The fourth-order valence-corrected chi connectivity index (χ4v) is 3.82. The number of benzene rings is 2. The number of hydrogen-bond acceptors (Lipinski definition) is 6. The maximum atomic E-state index is 13.4. The molecule has 1 N–H and O–H groups in total. The molecule has 0 aliphatic rings. The van der Waals surface area contributed by atoms with Gasteiger partial charge >= 0.3 is 5.97 Å². The lowest BCUT2D eigenvalue weighted by molar-refractivity contribution is -0.140. The number of rotatable bonds is 13. The van der Waals surface area contributed by atoms with Crippen LogP contribution in [0.1, 0.15) is 41.6 Å². The Bertz CT molecular complexity index is 831. The number of unbranched alkanes of at least 4 members (excludes halogenated alkanes) is 1. The molecule has 7 heteroatoms. The number of methoxy groups -OCH3 is 3. The second-order valence-corrected chi connectivity index (χ2v) is 7.92. The molecule has 0 amide bonds. The van der Waals surface area contributed by atoms with Gasteiger partial charge in [-0.3, -0.25) is 9.59 Å². The minimum absolute atomic E-state index is 0.0204. The largest absolute Gasteiger partial charge is 0.495 e. The number of halogens is 1. The zero-order valence-corrected chi connectivity index (χ0v) is 19.9. The highest BCUT2D eigenvalue weighted by atomic mass is 79.9. The van der Waals surface area contributed by atoms with Gasteiger partial charge in [0.2, 0.25) is 0 Å². The van der Waals surface area contributed by atoms with Crippen LogP contribution in [0.15, 0.2) is 46.9 Å². The third-order valence-corrected chi connectivity index (χ3v) is 5.82. The molecule has 6 nitrogen and oxygen atoms in total. The van der Waals surface area contributed by atoms with Crippen LogP contribution in [0.3, 0.4) is 0 Å². The summed E-state index contributed by atoms with van der Waals surface area (Å²) in [6.07, 6.45) is 3.29. The zero-order valence-electron chi connectivity index (χ0n) is 18.3. The fraction of sp³-hybridized carbons (Fsp3) is 0.417. The van der Waals surface area contributed by atoms with Gasteiger partial charge in [0.1, 0.15) is 16.0 Å². The summed E-state index contributed by atoms with van der Waals surface area (Å²) >= 11 is 3.45. The van der Waals surface area contributed by atoms with Crippen molar-refractivity contribution in [1.82, 2.24) is 5.32 Å². The van der Waals surface area contributed by atoms with Gasteiger partial charge in [-0.1, -0.05) is 30.3 Å². The third kappa shape index (κ3) is 7.67. The first-order valence-electron chi connectivity index (χ1n) is 10.3. The van der Waals surface area contributed by atoms with Crippen LogP contribution < -0.4 is 14.8 Å². The van der Waals surface area contributed by atoms with Gasteiger partial charge in [0, 0.05) is 12.0 Å². The molecule has 0 heterocycles. The van der Waals surface area contributed by atoms with E-state index in [4.69, 9.17) is 9.47 Å². The lowest BCUT2D eigenvalue weighted by Crippen LogP contribution is -2.38. The summed E-state index contributed by atoms with van der Waals surface area (Å²) in [4.78, 5) is 24.7. The van der Waals surface area contributed by atoms with E-state index in [1.54, 1.807) is 26.4 Å². The Morgan fingerprint density at radius 2 is 1.65 bits per heavy atom. The predicted molar refractivity (Wildman–Crippen MR) is 124 cm³/mol. The molecule has 31 heavy (non-hydrogen) atoms. The minimum Gasteiger partial charge on any atom is -0.495 e. The first kappa shape index (κ1) is 24.9. The van der Waals surface area contributed by atoms with E-state index in [1.165, 1.54) is 12.7 Å². The Morgan fingerprint density at radius 1 is 1.00 bits per heavy atom. The minimum atomic E-state index is -0.367. The van der Waals surface area contributed by atoms with E-state index in [9.17, 15) is 9.59 Å². The van der Waals surface area contributed by atoms with Gasteiger partial charge in [0.05, 0.1) is 27.4 Å². The van der Waals surface area contributed by atoms with Gasteiger partial charge in [0.25, 0.3) is 0 Å². The van der Waals surface area contributed by atoms with E-state index >= 15 is 0 Å². The van der Waals surface area contributed by atoms with Crippen molar-refractivity contribution in [2.45, 2.75) is 38.1 Å². The number of ketones is 1. The maximum Gasteiger partial charge on any atom is 0.305 e. The smallest absolute Gasteiger partial charge is 0.305 e. The molecular formula is C24H30BrNO5. The number of Topliss-reactive ketones (excluding diaryl/α,β-unsaturated/α-hetero) is 1. The van der Waals surface area contributed by atoms with Crippen molar-refractivity contribution in [1.29, 1.82) is 0 Å². The van der Waals surface area contributed by atoms with Crippen molar-refractivity contribution in [2.75, 3.05) is 27.9 Å². The molecule has 0 bridgehead atoms. The molecule has 2 aromatic rings. The molecular weight excluding hydrogens is 462 g/mol. The number of carbonyl (C=O) groups excluding carboxylic acids is 2. The normalized spacial score (nSPS) is 11.6. The summed E-state index contributed by atoms with van der Waals surface area (Å²) < 4.78 is 16.1. The summed E-state index contributed by atoms with van der Waals surface area (Å²) in [5.74, 6) is 0.851. The number of carbonyl (C=O) groups is 2. The van der Waals surface area contributed by atoms with Crippen molar-refractivity contribution in [2.24, 2.45) is 0 Å². The van der Waals surface area contributed by atoms with E-state index < -0.39 is 0 Å². The summed E-state index contributed by atoms with van der Waals surface area (Å²) in [6.45, 7) is 0.632. The van der Waals surface area contributed by atoms with Gasteiger partial charge in [-0.15, -0.1) is 0 Å². The summed E-state index contributed by atoms with van der Waals surface area (Å²) in [5, 5.41) is 3.37. The lowest BCUT2D eigenvalue weighted by atomic mass is 9.97. The molecule has 0 radical (unpaired) electrons. The van der Waals surface area contributed by atoms with Crippen molar-refractivity contribution >= 4 is 27.7 Å². The summed E-state index contributed by atoms with van der Waals surface area (Å²) in [5.41, 5.74) is 1.70. The molecule has 0 aromatic heterocycles. The van der Waals surface area contributed by atoms with Gasteiger partial charge in [-0.25, -0.2) is 0 Å². The predicted octanol–water partition coefficient (Wildman–Crippen LogP) is 4.58. The van der Waals surface area contributed by atoms with Crippen LogP contribution in [-0.4, -0.2) is 45.7 Å². The Hall–Kier alpha value is -2.38. The average molecular weight is 492 g/mol. The van der Waals surface area contributed by atoms with Gasteiger partial charge in [-0.2, -0.15) is 0 Å². The van der Waals surface area contributed by atoms with Crippen LogP contribution in [-0.2, 0) is 16.0 Å². The van der Waals surface area contributed by atoms with Gasteiger partial charge < -0.3 is 19.5 Å². The number of hydrogen-bond donors (Lipinski definition) is 1. The monoisotopic (exact) mass is 491 g/mol. The molecule has 2 aromatic carbocycles. The molecule has 0 aliphatic heterocycles. The van der Waals surface area contributed by atoms with Crippen LogP contribution in [0.25, 0.3) is 0 Å². The van der Waals surface area contributed by atoms with E-state index in [0.29, 0.717) is 47.3 Å². The zero-order chi connectivity index (χ0) is 22.6. The molecule has 0 saturated heterocycles. The highest BCUT2D eigenvalue weighted by molar-refractivity contribution is 9.10. The van der Waals surface area contributed by atoms with Crippen molar-refractivity contribution in [3.8, 4) is 11.5 Å². The third-order valence-electron chi connectivity index (χ3n) is 5.04. The standard InChI is InChI=1S/C24H30BrNO5/c1-29-20-15-18(16-21(30-2)23(20)25)24(28)19(13-12-17-9-5-4-6-10-17)26-14-8-7-11-22(27)31-3/h4-6,9-10,15-16,19,26H,7-8,11-14H2,1-3H3. The van der Waals surface area contributed by atoms with Crippen LogP contribution in [0.2, 0.25) is 0 Å². The number of ether oxygens (including phenoxy) is 3. The van der Waals surface area contributed by atoms with Crippen molar-refractivity contribution in [3.05, 3.63) is 58.1 Å². The second-order valence-electron chi connectivity index (χ2n) is 7.12. The molecule has 1 atom stereocenters. The Balaban J connectivity index is 2.12. The second kappa shape index (κ2) is 13.1. The summed E-state index contributed by atoms with van der Waals surface area (Å²) in [7, 11) is 4.50. The van der Waals surface area contributed by atoms with Gasteiger partial charge in [-0.05, 0) is 65.9 Å². The summed E-state index contributed by atoms with van der Waals surface area (Å²) in [6, 6.07) is 13.2. The lowest BCUT2D eigenvalue weighted by Gasteiger charge is -2.19. The fourth-order valence-electron chi connectivity index (χ4n) is 3.27. The van der Waals surface area contributed by atoms with Crippen molar-refractivity contribution in [3.63, 3.8) is 0 Å². The number of esters is 1. The van der Waals surface area contributed by atoms with Crippen molar-refractivity contribution < 1.29 is 23.8 Å². The number of aryl methyl sites for hydroxylation is 1. The first-order valence-corrected chi connectivity index (χ1v) is 11.1. The highest BCUT2D eigenvalue weighted by Crippen LogP contribution is 2.36. The molecule has 0 saturated carbocycles. The molecule has 0 aliphatic carbocycles. The molecule has 0 fully saturated rings. The van der Waals surface area contributed by atoms with Crippen LogP contribution in [0, 0.1) is 0 Å². The molecule has 168 valence electrons. The van der Waals surface area contributed by atoms with E-state index in [2.05, 4.69) is 38.1 Å². The molecule has 2 rings (SSSR count). The quantitative estimate of drug-likeness (QED) is 0.251. The van der Waals surface area contributed by atoms with E-state index in [0.717, 1.165) is 12.8 Å².